The van der Waals surface area contributed by atoms with Crippen LogP contribution >= 0.6 is 11.3 Å². The Hall–Kier alpha value is -0.940. The van der Waals surface area contributed by atoms with Crippen molar-refractivity contribution in [1.82, 2.24) is 4.98 Å². The minimum atomic E-state index is -0.484. The number of carbonyl (C=O) groups is 1. The van der Waals surface area contributed by atoms with Crippen LogP contribution < -0.4 is 5.73 Å². The first kappa shape index (κ1) is 13.1. The molecule has 0 aliphatic heterocycles. The summed E-state index contributed by atoms with van der Waals surface area (Å²) in [5.74, 6) is -0.325. The molecule has 0 saturated carbocycles. The van der Waals surface area contributed by atoms with Gasteiger partial charge in [-0.25, -0.2) is 9.78 Å². The lowest BCUT2D eigenvalue weighted by atomic mass is 10.2. The van der Waals surface area contributed by atoms with Crippen molar-refractivity contribution >= 4 is 17.3 Å². The summed E-state index contributed by atoms with van der Waals surface area (Å²) in [6.45, 7) is 9.16. The number of nitrogens with zero attached hydrogens (tertiary/aromatic N) is 1. The molecule has 0 aliphatic rings. The number of hydrogen-bond acceptors (Lipinski definition) is 5. The SMILES string of the molecule is Cc1nc(C(C)N)sc1C(=O)OC(C)(C)C. The molecule has 0 fully saturated rings. The predicted octanol–water partition coefficient (Wildman–Crippen LogP) is 2.43. The molecule has 2 N–H and O–H groups in total. The number of aromatic nitrogens is 1. The summed E-state index contributed by atoms with van der Waals surface area (Å²) in [6, 6.07) is -0.153. The van der Waals surface area contributed by atoms with Gasteiger partial charge in [-0.1, -0.05) is 0 Å². The molecule has 4 nitrogen and oxygen atoms in total. The standard InChI is InChI=1S/C11H18N2O2S/c1-6(12)9-13-7(2)8(16-9)10(14)15-11(3,4)5/h6H,12H2,1-5H3. The fourth-order valence-corrected chi connectivity index (χ4v) is 2.02. The number of carbonyl (C=O) groups excluding carboxylic acids is 1. The molecule has 0 spiro atoms. The van der Waals surface area contributed by atoms with Gasteiger partial charge in [0, 0.05) is 0 Å². The lowest BCUT2D eigenvalue weighted by Crippen LogP contribution is -2.23. The lowest BCUT2D eigenvalue weighted by molar-refractivity contribution is 0.00742. The van der Waals surface area contributed by atoms with Crippen molar-refractivity contribution in [3.63, 3.8) is 0 Å². The summed E-state index contributed by atoms with van der Waals surface area (Å²) < 4.78 is 5.29. The first-order valence-corrected chi connectivity index (χ1v) is 5.98. The van der Waals surface area contributed by atoms with Gasteiger partial charge in [-0.2, -0.15) is 0 Å². The Morgan fingerprint density at radius 2 is 2.06 bits per heavy atom. The largest absolute Gasteiger partial charge is 0.456 e. The van der Waals surface area contributed by atoms with E-state index in [1.54, 1.807) is 6.92 Å². The quantitative estimate of drug-likeness (QED) is 0.809. The molecule has 1 aromatic rings. The molecule has 0 amide bonds. The molecular formula is C11H18N2O2S. The van der Waals surface area contributed by atoms with Crippen LogP contribution in [0.1, 0.15) is 54.1 Å². The van der Waals surface area contributed by atoms with Gasteiger partial charge in [0.2, 0.25) is 0 Å². The van der Waals surface area contributed by atoms with Gasteiger partial charge < -0.3 is 10.5 Å². The van der Waals surface area contributed by atoms with E-state index >= 15 is 0 Å². The predicted molar refractivity (Wildman–Crippen MR) is 64.6 cm³/mol. The number of ether oxygens (including phenoxy) is 1. The number of rotatable bonds is 2. The van der Waals surface area contributed by atoms with E-state index in [9.17, 15) is 4.79 Å². The van der Waals surface area contributed by atoms with Crippen LogP contribution in [0.2, 0.25) is 0 Å². The van der Waals surface area contributed by atoms with E-state index in [4.69, 9.17) is 10.5 Å². The number of nitrogens with two attached hydrogens (primary N) is 1. The van der Waals surface area contributed by atoms with Gasteiger partial charge in [-0.15, -0.1) is 11.3 Å². The van der Waals surface area contributed by atoms with Crippen LogP contribution in [0.25, 0.3) is 0 Å². The Bertz CT molecular complexity index is 391. The third kappa shape index (κ3) is 3.28. The Labute approximate surface area is 99.8 Å². The highest BCUT2D eigenvalue weighted by Gasteiger charge is 2.23. The molecular weight excluding hydrogens is 224 g/mol. The van der Waals surface area contributed by atoms with Crippen LogP contribution in [-0.2, 0) is 4.74 Å². The molecule has 1 unspecified atom stereocenters. The summed E-state index contributed by atoms with van der Waals surface area (Å²) in [5.41, 5.74) is 5.92. The number of hydrogen-bond donors (Lipinski definition) is 1. The average Bonchev–Trinajstić information content (AvgIpc) is 2.44. The molecule has 1 aromatic heterocycles. The number of aryl methyl sites for hydroxylation is 1. The molecule has 1 heterocycles. The van der Waals surface area contributed by atoms with E-state index in [1.807, 2.05) is 27.7 Å². The van der Waals surface area contributed by atoms with Gasteiger partial charge in [0.25, 0.3) is 0 Å². The topological polar surface area (TPSA) is 65.2 Å². The second kappa shape index (κ2) is 4.51. The third-order valence-electron chi connectivity index (χ3n) is 1.79. The van der Waals surface area contributed by atoms with E-state index in [-0.39, 0.29) is 12.0 Å². The maximum atomic E-state index is 11.8. The van der Waals surface area contributed by atoms with Crippen LogP contribution in [0.15, 0.2) is 0 Å². The highest BCUT2D eigenvalue weighted by Crippen LogP contribution is 2.24. The Morgan fingerprint density at radius 3 is 2.44 bits per heavy atom. The molecule has 16 heavy (non-hydrogen) atoms. The minimum absolute atomic E-state index is 0.153. The summed E-state index contributed by atoms with van der Waals surface area (Å²) >= 11 is 1.31. The second-order valence-corrected chi connectivity index (χ2v) is 5.79. The van der Waals surface area contributed by atoms with Crippen LogP contribution in [0.3, 0.4) is 0 Å². The van der Waals surface area contributed by atoms with Gasteiger partial charge in [0.1, 0.15) is 15.5 Å². The zero-order valence-electron chi connectivity index (χ0n) is 10.3. The first-order chi connectivity index (χ1) is 7.20. The van der Waals surface area contributed by atoms with Crippen molar-refractivity contribution in [1.29, 1.82) is 0 Å². The van der Waals surface area contributed by atoms with Crippen molar-refractivity contribution in [2.75, 3.05) is 0 Å². The maximum Gasteiger partial charge on any atom is 0.350 e. The van der Waals surface area contributed by atoms with Gasteiger partial charge >= 0.3 is 5.97 Å². The summed E-state index contributed by atoms with van der Waals surface area (Å²) in [7, 11) is 0. The summed E-state index contributed by atoms with van der Waals surface area (Å²) in [6.07, 6.45) is 0. The van der Waals surface area contributed by atoms with Gasteiger partial charge in [-0.3, -0.25) is 0 Å². The normalized spacial score (nSPS) is 13.6. The summed E-state index contributed by atoms with van der Waals surface area (Å²) in [5, 5.41) is 0.762. The van der Waals surface area contributed by atoms with Crippen LogP contribution in [-0.4, -0.2) is 16.6 Å². The van der Waals surface area contributed by atoms with E-state index in [0.717, 1.165) is 5.01 Å². The Morgan fingerprint density at radius 1 is 1.50 bits per heavy atom. The van der Waals surface area contributed by atoms with Crippen molar-refractivity contribution in [2.24, 2.45) is 5.73 Å². The minimum Gasteiger partial charge on any atom is -0.456 e. The highest BCUT2D eigenvalue weighted by molar-refractivity contribution is 7.13. The molecule has 1 atom stereocenters. The third-order valence-corrected chi connectivity index (χ3v) is 3.13. The van der Waals surface area contributed by atoms with Crippen molar-refractivity contribution < 1.29 is 9.53 Å². The van der Waals surface area contributed by atoms with E-state index in [2.05, 4.69) is 4.98 Å². The van der Waals surface area contributed by atoms with E-state index in [1.165, 1.54) is 11.3 Å². The molecule has 90 valence electrons. The molecule has 0 saturated heterocycles. The zero-order valence-corrected chi connectivity index (χ0v) is 11.1. The van der Waals surface area contributed by atoms with Crippen molar-refractivity contribution in [3.05, 3.63) is 15.6 Å². The molecule has 0 radical (unpaired) electrons. The second-order valence-electron chi connectivity index (χ2n) is 4.76. The molecule has 5 heteroatoms. The molecule has 0 aliphatic carbocycles. The smallest absolute Gasteiger partial charge is 0.350 e. The van der Waals surface area contributed by atoms with Crippen molar-refractivity contribution in [2.45, 2.75) is 46.3 Å². The van der Waals surface area contributed by atoms with E-state index in [0.29, 0.717) is 10.6 Å². The zero-order chi connectivity index (χ0) is 12.5. The Kier molecular flexibility index (Phi) is 3.70. The highest BCUT2D eigenvalue weighted by atomic mass is 32.1. The fourth-order valence-electron chi connectivity index (χ4n) is 1.13. The van der Waals surface area contributed by atoms with Gasteiger partial charge in [0.05, 0.1) is 11.7 Å². The number of esters is 1. The average molecular weight is 242 g/mol. The maximum absolute atomic E-state index is 11.8. The van der Waals surface area contributed by atoms with Crippen molar-refractivity contribution in [3.8, 4) is 0 Å². The van der Waals surface area contributed by atoms with E-state index < -0.39 is 5.60 Å². The molecule has 1 rings (SSSR count). The first-order valence-electron chi connectivity index (χ1n) is 5.17. The molecule has 0 aromatic carbocycles. The van der Waals surface area contributed by atoms with Gasteiger partial charge in [0.15, 0.2) is 0 Å². The monoisotopic (exact) mass is 242 g/mol. The fraction of sp³-hybridized carbons (Fsp3) is 0.636. The van der Waals surface area contributed by atoms with Gasteiger partial charge in [-0.05, 0) is 34.6 Å². The van der Waals surface area contributed by atoms with Crippen LogP contribution in [0, 0.1) is 6.92 Å². The number of thiazole rings is 1. The van der Waals surface area contributed by atoms with Crippen LogP contribution in [0.4, 0.5) is 0 Å². The molecule has 0 bridgehead atoms. The lowest BCUT2D eigenvalue weighted by Gasteiger charge is -2.18. The Balaban J connectivity index is 2.92. The van der Waals surface area contributed by atoms with Crippen LogP contribution in [0.5, 0.6) is 0 Å². The summed E-state index contributed by atoms with van der Waals surface area (Å²) in [4.78, 5) is 16.6.